The van der Waals surface area contributed by atoms with Gasteiger partial charge >= 0.3 is 5.97 Å². The van der Waals surface area contributed by atoms with E-state index in [-0.39, 0.29) is 10.5 Å². The van der Waals surface area contributed by atoms with Gasteiger partial charge in [-0.05, 0) is 55.9 Å². The number of carboxylic acid groups (broad SMARTS) is 1. The molecule has 0 atom stereocenters. The number of benzene rings is 1. The van der Waals surface area contributed by atoms with Crippen molar-refractivity contribution in [2.45, 2.75) is 49.5 Å². The van der Waals surface area contributed by atoms with Gasteiger partial charge in [-0.2, -0.15) is 0 Å². The number of amides is 1. The molecule has 1 saturated carbocycles. The van der Waals surface area contributed by atoms with Gasteiger partial charge in [0.05, 0.1) is 4.90 Å². The van der Waals surface area contributed by atoms with Crippen LogP contribution < -0.4 is 5.32 Å². The number of hydrogen-bond acceptors (Lipinski definition) is 4. The van der Waals surface area contributed by atoms with Gasteiger partial charge in [0.25, 0.3) is 5.91 Å². The molecule has 26 heavy (non-hydrogen) atoms. The molecule has 1 aliphatic rings. The largest absolute Gasteiger partial charge is 0.480 e. The molecule has 2 rings (SSSR count). The Labute approximate surface area is 154 Å². The molecule has 0 bridgehead atoms. The van der Waals surface area contributed by atoms with Crippen molar-refractivity contribution in [2.24, 2.45) is 5.92 Å². The summed E-state index contributed by atoms with van der Waals surface area (Å²) in [5.41, 5.74) is -1.02. The maximum absolute atomic E-state index is 12.5. The minimum absolute atomic E-state index is 0.0791. The fraction of sp³-hybridized carbons (Fsp3) is 0.556. The Morgan fingerprint density at radius 2 is 1.73 bits per heavy atom. The van der Waals surface area contributed by atoms with E-state index in [4.69, 9.17) is 0 Å². The first kappa shape index (κ1) is 20.4. The fourth-order valence-corrected chi connectivity index (χ4v) is 4.15. The van der Waals surface area contributed by atoms with Crippen LogP contribution in [0.1, 0.15) is 49.4 Å². The summed E-state index contributed by atoms with van der Waals surface area (Å²) < 4.78 is 25.2. The summed E-state index contributed by atoms with van der Waals surface area (Å²) in [7, 11) is -0.714. The van der Waals surface area contributed by atoms with Gasteiger partial charge < -0.3 is 10.4 Å². The third kappa shape index (κ3) is 4.07. The van der Waals surface area contributed by atoms with E-state index in [2.05, 4.69) is 12.2 Å². The molecule has 8 heteroatoms. The average molecular weight is 382 g/mol. The molecule has 0 heterocycles. The zero-order chi connectivity index (χ0) is 19.5. The molecule has 1 fully saturated rings. The summed E-state index contributed by atoms with van der Waals surface area (Å²) >= 11 is 0. The zero-order valence-electron chi connectivity index (χ0n) is 15.4. The molecule has 1 amide bonds. The summed E-state index contributed by atoms with van der Waals surface area (Å²) in [4.78, 5) is 24.4. The molecule has 0 radical (unpaired) electrons. The molecule has 1 aliphatic carbocycles. The lowest BCUT2D eigenvalue weighted by molar-refractivity contribution is -0.146. The van der Waals surface area contributed by atoms with Crippen LogP contribution in [0, 0.1) is 5.92 Å². The Kier molecular flexibility index (Phi) is 6.08. The molecule has 1 aromatic rings. The number of sulfonamides is 1. The Morgan fingerprint density at radius 1 is 1.19 bits per heavy atom. The van der Waals surface area contributed by atoms with Gasteiger partial charge in [-0.25, -0.2) is 17.5 Å². The second-order valence-electron chi connectivity index (χ2n) is 7.00. The number of carbonyl (C=O) groups excluding carboxylic acids is 1. The molecular weight excluding hydrogens is 356 g/mol. The van der Waals surface area contributed by atoms with E-state index in [1.54, 1.807) is 0 Å². The number of carboxylic acids is 1. The first-order valence-electron chi connectivity index (χ1n) is 8.71. The molecule has 0 aliphatic heterocycles. The minimum Gasteiger partial charge on any atom is -0.480 e. The predicted molar refractivity (Wildman–Crippen MR) is 97.4 cm³/mol. The third-order valence-electron chi connectivity index (χ3n) is 5.19. The standard InChI is InChI=1S/C18H26N2O5S/c1-4-13-9-11-18(12-10-13,17(22)23)19-16(21)14-5-7-15(8-6-14)26(24,25)20(2)3/h5-8,13H,4,9-12H2,1-3H3,(H,19,21)(H,22,23). The van der Waals surface area contributed by atoms with Crippen LogP contribution in [0.25, 0.3) is 0 Å². The lowest BCUT2D eigenvalue weighted by Crippen LogP contribution is -2.56. The molecular formula is C18H26N2O5S. The Bertz CT molecular complexity index is 763. The van der Waals surface area contributed by atoms with Gasteiger partial charge in [0.2, 0.25) is 10.0 Å². The highest BCUT2D eigenvalue weighted by atomic mass is 32.2. The maximum atomic E-state index is 12.5. The van der Waals surface area contributed by atoms with Gasteiger partial charge in [0.15, 0.2) is 0 Å². The summed E-state index contributed by atoms with van der Waals surface area (Å²) in [6.07, 6.45) is 3.34. The van der Waals surface area contributed by atoms with Gasteiger partial charge in [0, 0.05) is 19.7 Å². The second kappa shape index (κ2) is 7.75. The minimum atomic E-state index is -3.57. The summed E-state index contributed by atoms with van der Waals surface area (Å²) in [5.74, 6) is -1.03. The van der Waals surface area contributed by atoms with E-state index in [1.807, 2.05) is 0 Å². The van der Waals surface area contributed by atoms with E-state index < -0.39 is 27.4 Å². The van der Waals surface area contributed by atoms with Crippen molar-refractivity contribution in [1.82, 2.24) is 9.62 Å². The van der Waals surface area contributed by atoms with E-state index >= 15 is 0 Å². The van der Waals surface area contributed by atoms with Gasteiger partial charge in [0.1, 0.15) is 5.54 Å². The molecule has 144 valence electrons. The monoisotopic (exact) mass is 382 g/mol. The van der Waals surface area contributed by atoms with Gasteiger partial charge in [-0.15, -0.1) is 0 Å². The number of rotatable bonds is 6. The number of nitrogens with one attached hydrogen (secondary N) is 1. The third-order valence-corrected chi connectivity index (χ3v) is 7.02. The molecule has 0 spiro atoms. The number of hydrogen-bond donors (Lipinski definition) is 2. The van der Waals surface area contributed by atoms with Crippen LogP contribution in [-0.4, -0.2) is 49.3 Å². The molecule has 0 saturated heterocycles. The molecule has 0 aromatic heterocycles. The first-order chi connectivity index (χ1) is 12.1. The molecule has 0 unspecified atom stereocenters. The van der Waals surface area contributed by atoms with Gasteiger partial charge in [-0.1, -0.05) is 13.3 Å². The number of carbonyl (C=O) groups is 2. The highest BCUT2D eigenvalue weighted by Gasteiger charge is 2.43. The van der Waals surface area contributed by atoms with Crippen molar-refractivity contribution in [1.29, 1.82) is 0 Å². The SMILES string of the molecule is CCC1CCC(NC(=O)c2ccc(S(=O)(=O)N(C)C)cc2)(C(=O)O)CC1. The van der Waals surface area contributed by atoms with E-state index in [0.717, 1.165) is 23.6 Å². The molecule has 2 N–H and O–H groups in total. The zero-order valence-corrected chi connectivity index (χ0v) is 16.2. The lowest BCUT2D eigenvalue weighted by Gasteiger charge is -2.37. The maximum Gasteiger partial charge on any atom is 0.329 e. The van der Waals surface area contributed by atoms with Crippen molar-refractivity contribution in [2.75, 3.05) is 14.1 Å². The average Bonchev–Trinajstić information content (AvgIpc) is 2.62. The topological polar surface area (TPSA) is 104 Å². The lowest BCUT2D eigenvalue weighted by atomic mass is 9.75. The molecule has 7 nitrogen and oxygen atoms in total. The van der Waals surface area contributed by atoms with Crippen LogP contribution in [0.5, 0.6) is 0 Å². The second-order valence-corrected chi connectivity index (χ2v) is 9.16. The van der Waals surface area contributed by atoms with E-state index in [1.165, 1.54) is 38.4 Å². The quantitative estimate of drug-likeness (QED) is 0.784. The smallest absolute Gasteiger partial charge is 0.329 e. The van der Waals surface area contributed by atoms with Crippen LogP contribution in [0.4, 0.5) is 0 Å². The Morgan fingerprint density at radius 3 is 2.15 bits per heavy atom. The number of aliphatic carboxylic acids is 1. The van der Waals surface area contributed by atoms with Gasteiger partial charge in [-0.3, -0.25) is 4.79 Å². The number of nitrogens with zero attached hydrogens (tertiary/aromatic N) is 1. The van der Waals surface area contributed by atoms with Crippen molar-refractivity contribution < 1.29 is 23.1 Å². The predicted octanol–water partition coefficient (Wildman–Crippen LogP) is 2.09. The summed E-state index contributed by atoms with van der Waals surface area (Å²) in [5, 5.41) is 12.3. The van der Waals surface area contributed by atoms with Crippen molar-refractivity contribution >= 4 is 21.9 Å². The van der Waals surface area contributed by atoms with Crippen LogP contribution in [0.2, 0.25) is 0 Å². The Balaban J connectivity index is 2.17. The van der Waals surface area contributed by atoms with Crippen molar-refractivity contribution in [3.8, 4) is 0 Å². The fourth-order valence-electron chi connectivity index (χ4n) is 3.25. The van der Waals surface area contributed by atoms with Crippen molar-refractivity contribution in [3.05, 3.63) is 29.8 Å². The van der Waals surface area contributed by atoms with E-state index in [0.29, 0.717) is 18.8 Å². The normalized spacial score (nSPS) is 23.6. The summed E-state index contributed by atoms with van der Waals surface area (Å²) in [6, 6.07) is 5.51. The van der Waals surface area contributed by atoms with E-state index in [9.17, 15) is 23.1 Å². The summed E-state index contributed by atoms with van der Waals surface area (Å²) in [6.45, 7) is 2.08. The molecule has 1 aromatic carbocycles. The van der Waals surface area contributed by atoms with Crippen LogP contribution >= 0.6 is 0 Å². The van der Waals surface area contributed by atoms with Crippen LogP contribution in [0.3, 0.4) is 0 Å². The highest BCUT2D eigenvalue weighted by Crippen LogP contribution is 2.34. The Hall–Kier alpha value is -1.93. The van der Waals surface area contributed by atoms with Crippen LogP contribution in [-0.2, 0) is 14.8 Å². The van der Waals surface area contributed by atoms with Crippen molar-refractivity contribution in [3.63, 3.8) is 0 Å². The highest BCUT2D eigenvalue weighted by molar-refractivity contribution is 7.89. The first-order valence-corrected chi connectivity index (χ1v) is 10.1. The van der Waals surface area contributed by atoms with Crippen LogP contribution in [0.15, 0.2) is 29.2 Å².